The van der Waals surface area contributed by atoms with Crippen LogP contribution in [-0.2, 0) is 4.74 Å². The predicted octanol–water partition coefficient (Wildman–Crippen LogP) is -0.190. The standard InChI is InChI=1S/C5H10NO/c1-2-6-3-5-7-4-1/h1,6H,2-5H2. The molecule has 41 valence electrons. The third-order valence-corrected chi connectivity index (χ3v) is 0.948. The first kappa shape index (κ1) is 5.06. The summed E-state index contributed by atoms with van der Waals surface area (Å²) in [5, 5.41) is 3.17. The van der Waals surface area contributed by atoms with Crippen molar-refractivity contribution in [2.45, 2.75) is 0 Å². The Morgan fingerprint density at radius 2 is 2.57 bits per heavy atom. The van der Waals surface area contributed by atoms with Gasteiger partial charge in [0.25, 0.3) is 0 Å². The van der Waals surface area contributed by atoms with Crippen LogP contribution < -0.4 is 5.32 Å². The van der Waals surface area contributed by atoms with Gasteiger partial charge in [0.1, 0.15) is 0 Å². The molecule has 0 saturated carbocycles. The van der Waals surface area contributed by atoms with Crippen LogP contribution in [0.25, 0.3) is 0 Å². The van der Waals surface area contributed by atoms with Crippen LogP contribution in [-0.4, -0.2) is 26.3 Å². The van der Waals surface area contributed by atoms with E-state index >= 15 is 0 Å². The van der Waals surface area contributed by atoms with Crippen molar-refractivity contribution in [2.75, 3.05) is 26.3 Å². The molecular weight excluding hydrogens is 90.1 g/mol. The predicted molar refractivity (Wildman–Crippen MR) is 28.0 cm³/mol. The molecule has 0 aromatic rings. The molecule has 7 heavy (non-hydrogen) atoms. The maximum atomic E-state index is 5.08. The normalized spacial score (nSPS) is 24.0. The van der Waals surface area contributed by atoms with Crippen molar-refractivity contribution in [1.29, 1.82) is 0 Å². The quantitative estimate of drug-likeness (QED) is 0.455. The van der Waals surface area contributed by atoms with Crippen LogP contribution >= 0.6 is 0 Å². The zero-order valence-electron chi connectivity index (χ0n) is 4.31. The van der Waals surface area contributed by atoms with E-state index < -0.39 is 0 Å². The van der Waals surface area contributed by atoms with Crippen molar-refractivity contribution < 1.29 is 4.74 Å². The summed E-state index contributed by atoms with van der Waals surface area (Å²) >= 11 is 0. The van der Waals surface area contributed by atoms with Crippen molar-refractivity contribution in [3.8, 4) is 0 Å². The first-order valence-corrected chi connectivity index (χ1v) is 2.60. The number of nitrogens with one attached hydrogen (secondary N) is 1. The van der Waals surface area contributed by atoms with E-state index in [9.17, 15) is 0 Å². The average Bonchev–Trinajstić information content (AvgIpc) is 1.90. The Morgan fingerprint density at radius 1 is 1.57 bits per heavy atom. The maximum absolute atomic E-state index is 5.08. The van der Waals surface area contributed by atoms with Crippen LogP contribution in [0, 0.1) is 6.42 Å². The van der Waals surface area contributed by atoms with Gasteiger partial charge in [0.15, 0.2) is 0 Å². The summed E-state index contributed by atoms with van der Waals surface area (Å²) in [7, 11) is 0. The van der Waals surface area contributed by atoms with E-state index in [0.717, 1.165) is 26.3 Å². The Bertz CT molecular complexity index is 27.7. The number of ether oxygens (including phenoxy) is 1. The third-order valence-electron chi connectivity index (χ3n) is 0.948. The minimum Gasteiger partial charge on any atom is -0.380 e. The topological polar surface area (TPSA) is 21.3 Å². The minimum absolute atomic E-state index is 0.812. The smallest absolute Gasteiger partial charge is 0.0591 e. The highest BCUT2D eigenvalue weighted by atomic mass is 16.5. The molecule has 0 bridgehead atoms. The van der Waals surface area contributed by atoms with E-state index in [-0.39, 0.29) is 0 Å². The summed E-state index contributed by atoms with van der Waals surface area (Å²) in [6, 6.07) is 0. The van der Waals surface area contributed by atoms with Gasteiger partial charge in [-0.1, -0.05) is 0 Å². The lowest BCUT2D eigenvalue weighted by molar-refractivity contribution is 0.168. The van der Waals surface area contributed by atoms with Gasteiger partial charge in [-0.3, -0.25) is 0 Å². The first-order valence-electron chi connectivity index (χ1n) is 2.60. The lowest BCUT2D eigenvalue weighted by Gasteiger charge is -1.91. The van der Waals surface area contributed by atoms with Gasteiger partial charge in [-0.25, -0.2) is 0 Å². The lowest BCUT2D eigenvalue weighted by atomic mass is 10.5. The summed E-state index contributed by atoms with van der Waals surface area (Å²) in [4.78, 5) is 0. The van der Waals surface area contributed by atoms with Crippen molar-refractivity contribution in [3.05, 3.63) is 6.42 Å². The molecule has 1 radical (unpaired) electrons. The fourth-order valence-electron chi connectivity index (χ4n) is 0.574. The van der Waals surface area contributed by atoms with Crippen molar-refractivity contribution in [1.82, 2.24) is 5.32 Å². The number of hydrogen-bond donors (Lipinski definition) is 1. The first-order chi connectivity index (χ1) is 3.50. The zero-order chi connectivity index (χ0) is 4.95. The summed E-state index contributed by atoms with van der Waals surface area (Å²) in [6.45, 7) is 3.67. The molecule has 0 aromatic carbocycles. The van der Waals surface area contributed by atoms with E-state index in [1.165, 1.54) is 0 Å². The van der Waals surface area contributed by atoms with Crippen LogP contribution in [0.2, 0.25) is 0 Å². The van der Waals surface area contributed by atoms with Gasteiger partial charge in [-0.2, -0.15) is 0 Å². The fourth-order valence-corrected chi connectivity index (χ4v) is 0.574. The van der Waals surface area contributed by atoms with Gasteiger partial charge in [0.05, 0.1) is 13.2 Å². The van der Waals surface area contributed by atoms with Crippen molar-refractivity contribution >= 4 is 0 Å². The highest BCUT2D eigenvalue weighted by molar-refractivity contribution is 4.69. The fraction of sp³-hybridized carbons (Fsp3) is 0.800. The molecular formula is C5H10NO. The molecule has 1 heterocycles. The van der Waals surface area contributed by atoms with Gasteiger partial charge in [-0.05, 0) is 0 Å². The molecule has 0 atom stereocenters. The zero-order valence-corrected chi connectivity index (χ0v) is 4.31. The summed E-state index contributed by atoms with van der Waals surface area (Å²) in [6.07, 6.45) is 2.09. The van der Waals surface area contributed by atoms with Gasteiger partial charge in [-0.15, -0.1) is 0 Å². The molecule has 0 aromatic heterocycles. The van der Waals surface area contributed by atoms with Crippen molar-refractivity contribution in [3.63, 3.8) is 0 Å². The largest absolute Gasteiger partial charge is 0.380 e. The summed E-state index contributed by atoms with van der Waals surface area (Å²) in [5.74, 6) is 0. The molecule has 2 nitrogen and oxygen atoms in total. The van der Waals surface area contributed by atoms with E-state index in [1.54, 1.807) is 0 Å². The molecule has 1 fully saturated rings. The maximum Gasteiger partial charge on any atom is 0.0591 e. The average molecular weight is 100 g/mol. The molecule has 2 heteroatoms. The SMILES string of the molecule is [CH]1CNCCOC1. The van der Waals surface area contributed by atoms with E-state index in [0.29, 0.717) is 0 Å². The highest BCUT2D eigenvalue weighted by Gasteiger charge is 1.93. The van der Waals surface area contributed by atoms with Crippen molar-refractivity contribution in [2.24, 2.45) is 0 Å². The number of rotatable bonds is 0. The number of hydrogen-bond acceptors (Lipinski definition) is 2. The second-order valence-corrected chi connectivity index (χ2v) is 1.57. The van der Waals surface area contributed by atoms with Gasteiger partial charge in [0.2, 0.25) is 0 Å². The Kier molecular flexibility index (Phi) is 2.17. The van der Waals surface area contributed by atoms with Crippen LogP contribution in [0.15, 0.2) is 0 Å². The Labute approximate surface area is 43.9 Å². The van der Waals surface area contributed by atoms with E-state index in [2.05, 4.69) is 11.7 Å². The molecule has 0 unspecified atom stereocenters. The molecule has 1 aliphatic rings. The monoisotopic (exact) mass is 100 g/mol. The Morgan fingerprint density at radius 3 is 3.57 bits per heavy atom. The molecule has 0 spiro atoms. The third kappa shape index (κ3) is 1.90. The van der Waals surface area contributed by atoms with Crippen LogP contribution in [0.4, 0.5) is 0 Å². The molecule has 0 amide bonds. The second kappa shape index (κ2) is 2.99. The Hall–Kier alpha value is -0.0800. The van der Waals surface area contributed by atoms with Gasteiger partial charge < -0.3 is 10.1 Å². The summed E-state index contributed by atoms with van der Waals surface area (Å²) < 4.78 is 5.08. The van der Waals surface area contributed by atoms with Gasteiger partial charge in [0, 0.05) is 19.5 Å². The lowest BCUT2D eigenvalue weighted by Crippen LogP contribution is -2.16. The second-order valence-electron chi connectivity index (χ2n) is 1.57. The van der Waals surface area contributed by atoms with Crippen LogP contribution in [0.3, 0.4) is 0 Å². The molecule has 1 aliphatic heterocycles. The minimum atomic E-state index is 0.812. The van der Waals surface area contributed by atoms with Crippen LogP contribution in [0.1, 0.15) is 0 Å². The Balaban J connectivity index is 2.04. The van der Waals surface area contributed by atoms with Gasteiger partial charge >= 0.3 is 0 Å². The molecule has 1 saturated heterocycles. The molecule has 1 rings (SSSR count). The van der Waals surface area contributed by atoms with Crippen LogP contribution in [0.5, 0.6) is 0 Å². The van der Waals surface area contributed by atoms with E-state index in [4.69, 9.17) is 4.74 Å². The summed E-state index contributed by atoms with van der Waals surface area (Å²) in [5.41, 5.74) is 0. The molecule has 1 N–H and O–H groups in total. The molecule has 0 aliphatic carbocycles. The van der Waals surface area contributed by atoms with E-state index in [1.807, 2.05) is 0 Å². The highest BCUT2D eigenvalue weighted by Crippen LogP contribution is 1.82.